The molecule has 1 fully saturated rings. The van der Waals surface area contributed by atoms with Crippen LogP contribution >= 0.6 is 0 Å². The number of benzene rings is 2. The smallest absolute Gasteiger partial charge is 0.123 e. The van der Waals surface area contributed by atoms with Crippen molar-refractivity contribution in [2.24, 2.45) is 5.92 Å². The van der Waals surface area contributed by atoms with E-state index in [1.165, 1.54) is 80.9 Å². The summed E-state index contributed by atoms with van der Waals surface area (Å²) in [6.07, 6.45) is 17.6. The molecule has 2 aromatic carbocycles. The van der Waals surface area contributed by atoms with E-state index >= 15 is 0 Å². The van der Waals surface area contributed by atoms with Gasteiger partial charge in [-0.1, -0.05) is 114 Å². The van der Waals surface area contributed by atoms with Crippen molar-refractivity contribution in [3.8, 4) is 5.75 Å². The maximum atomic E-state index is 6.59. The molecular weight excluding hydrogens is 400 g/mol. The van der Waals surface area contributed by atoms with Gasteiger partial charge in [-0.25, -0.2) is 0 Å². The van der Waals surface area contributed by atoms with Gasteiger partial charge in [0.2, 0.25) is 0 Å². The molecule has 0 heterocycles. The van der Waals surface area contributed by atoms with Gasteiger partial charge >= 0.3 is 0 Å². The fourth-order valence-electron chi connectivity index (χ4n) is 5.47. The van der Waals surface area contributed by atoms with Crippen molar-refractivity contribution in [1.29, 1.82) is 0 Å². The zero-order chi connectivity index (χ0) is 23.5. The normalized spacial score (nSPS) is 19.2. The van der Waals surface area contributed by atoms with E-state index in [2.05, 4.69) is 88.4 Å². The molecule has 0 radical (unpaired) electrons. The Bertz CT molecular complexity index is 848. The maximum Gasteiger partial charge on any atom is 0.123 e. The molecule has 2 aromatic rings. The highest BCUT2D eigenvalue weighted by molar-refractivity contribution is 5.43. The first kappa shape index (κ1) is 25.6. The highest BCUT2D eigenvalue weighted by Crippen LogP contribution is 2.45. The third-order valence-corrected chi connectivity index (χ3v) is 7.67. The maximum absolute atomic E-state index is 6.59. The van der Waals surface area contributed by atoms with Crippen LogP contribution in [0.2, 0.25) is 0 Å². The van der Waals surface area contributed by atoms with Crippen molar-refractivity contribution in [2.45, 2.75) is 110 Å². The summed E-state index contributed by atoms with van der Waals surface area (Å²) in [5, 5.41) is 0. The molecule has 1 nitrogen and oxygen atoms in total. The number of hydrogen-bond acceptors (Lipinski definition) is 1. The molecule has 1 saturated carbocycles. The van der Waals surface area contributed by atoms with E-state index in [1.807, 2.05) is 0 Å². The second kappa shape index (κ2) is 13.0. The van der Waals surface area contributed by atoms with E-state index < -0.39 is 0 Å². The minimum Gasteiger partial charge on any atom is -0.489 e. The topological polar surface area (TPSA) is 9.23 Å². The average molecular weight is 447 g/mol. The lowest BCUT2D eigenvalue weighted by molar-refractivity contribution is 0.274. The Morgan fingerprint density at radius 1 is 0.970 bits per heavy atom. The van der Waals surface area contributed by atoms with E-state index in [4.69, 9.17) is 4.74 Å². The van der Waals surface area contributed by atoms with Crippen molar-refractivity contribution in [3.05, 3.63) is 77.4 Å². The van der Waals surface area contributed by atoms with Gasteiger partial charge in [-0.2, -0.15) is 0 Å². The lowest BCUT2D eigenvalue weighted by Gasteiger charge is -2.33. The quantitative estimate of drug-likeness (QED) is 0.233. The summed E-state index contributed by atoms with van der Waals surface area (Å²) < 4.78 is 6.59. The van der Waals surface area contributed by atoms with Crippen LogP contribution in [-0.2, 0) is 12.0 Å². The Hall–Kier alpha value is -2.02. The van der Waals surface area contributed by atoms with Gasteiger partial charge in [-0.15, -0.1) is 0 Å². The van der Waals surface area contributed by atoms with Crippen LogP contribution in [-0.4, -0.2) is 0 Å². The predicted octanol–water partition coefficient (Wildman–Crippen LogP) is 9.75. The SMILES string of the molecule is CC=CCC1CCCCC1c1ccc(C(C)(C)CCCCCC)cc1OCc1ccccc1. The molecule has 0 bridgehead atoms. The zero-order valence-corrected chi connectivity index (χ0v) is 21.6. The molecule has 3 rings (SSSR count). The molecule has 1 heteroatoms. The van der Waals surface area contributed by atoms with Gasteiger partial charge in [0.15, 0.2) is 0 Å². The molecule has 180 valence electrons. The Morgan fingerprint density at radius 2 is 1.76 bits per heavy atom. The zero-order valence-electron chi connectivity index (χ0n) is 21.6. The van der Waals surface area contributed by atoms with Crippen LogP contribution in [0.5, 0.6) is 5.75 Å². The van der Waals surface area contributed by atoms with Crippen molar-refractivity contribution < 1.29 is 4.74 Å². The van der Waals surface area contributed by atoms with Gasteiger partial charge < -0.3 is 4.74 Å². The summed E-state index contributed by atoms with van der Waals surface area (Å²) in [7, 11) is 0. The molecule has 0 aliphatic heterocycles. The first-order chi connectivity index (χ1) is 16.0. The van der Waals surface area contributed by atoms with E-state index in [0.717, 1.165) is 11.7 Å². The van der Waals surface area contributed by atoms with Crippen molar-refractivity contribution >= 4 is 0 Å². The minimum absolute atomic E-state index is 0.175. The van der Waals surface area contributed by atoms with Crippen LogP contribution in [0.1, 0.15) is 115 Å². The van der Waals surface area contributed by atoms with Gasteiger partial charge in [0.05, 0.1) is 0 Å². The Morgan fingerprint density at radius 3 is 2.52 bits per heavy atom. The molecule has 0 aromatic heterocycles. The van der Waals surface area contributed by atoms with Crippen LogP contribution in [0.3, 0.4) is 0 Å². The van der Waals surface area contributed by atoms with Gasteiger partial charge in [0.1, 0.15) is 12.4 Å². The van der Waals surface area contributed by atoms with Crippen LogP contribution < -0.4 is 4.74 Å². The third-order valence-electron chi connectivity index (χ3n) is 7.67. The van der Waals surface area contributed by atoms with Crippen LogP contribution in [0.15, 0.2) is 60.7 Å². The van der Waals surface area contributed by atoms with Gasteiger partial charge in [-0.05, 0) is 72.6 Å². The number of ether oxygens (including phenoxy) is 1. The molecule has 0 spiro atoms. The molecule has 2 atom stereocenters. The second-order valence-corrected chi connectivity index (χ2v) is 10.7. The van der Waals surface area contributed by atoms with Crippen LogP contribution in [0, 0.1) is 5.92 Å². The largest absolute Gasteiger partial charge is 0.489 e. The molecule has 2 unspecified atom stereocenters. The molecule has 0 N–H and O–H groups in total. The van der Waals surface area contributed by atoms with E-state index in [-0.39, 0.29) is 5.41 Å². The summed E-state index contributed by atoms with van der Waals surface area (Å²) in [4.78, 5) is 0. The number of allylic oxidation sites excluding steroid dienone is 2. The Balaban J connectivity index is 1.87. The van der Waals surface area contributed by atoms with Gasteiger partial charge in [0, 0.05) is 0 Å². The minimum atomic E-state index is 0.175. The van der Waals surface area contributed by atoms with Crippen LogP contribution in [0.25, 0.3) is 0 Å². The first-order valence-electron chi connectivity index (χ1n) is 13.5. The Labute approximate surface area is 203 Å². The summed E-state index contributed by atoms with van der Waals surface area (Å²) >= 11 is 0. The van der Waals surface area contributed by atoms with Crippen molar-refractivity contribution in [1.82, 2.24) is 0 Å². The molecule has 1 aliphatic rings. The fourth-order valence-corrected chi connectivity index (χ4v) is 5.47. The molecule has 0 saturated heterocycles. The summed E-state index contributed by atoms with van der Waals surface area (Å²) in [6.45, 7) is 9.88. The third kappa shape index (κ3) is 7.49. The van der Waals surface area contributed by atoms with E-state index in [9.17, 15) is 0 Å². The summed E-state index contributed by atoms with van der Waals surface area (Å²) in [5.41, 5.74) is 4.27. The average Bonchev–Trinajstić information content (AvgIpc) is 2.85. The number of rotatable bonds is 12. The lowest BCUT2D eigenvalue weighted by atomic mass is 9.72. The first-order valence-corrected chi connectivity index (χ1v) is 13.5. The second-order valence-electron chi connectivity index (χ2n) is 10.7. The van der Waals surface area contributed by atoms with Gasteiger partial charge in [0.25, 0.3) is 0 Å². The monoisotopic (exact) mass is 446 g/mol. The molecule has 33 heavy (non-hydrogen) atoms. The number of unbranched alkanes of at least 4 members (excludes halogenated alkanes) is 3. The standard InChI is InChI=1S/C32H46O/c1-5-7-9-15-23-32(3,4)28-21-22-30(29-20-14-13-19-27(29)18-8-6-2)31(24-28)33-25-26-16-11-10-12-17-26/h6,8,10-12,16-17,21-22,24,27,29H,5,7,9,13-15,18-20,23,25H2,1-4H3. The Kier molecular flexibility index (Phi) is 10.1. The molecule has 1 aliphatic carbocycles. The predicted molar refractivity (Wildman–Crippen MR) is 143 cm³/mol. The van der Waals surface area contributed by atoms with E-state index in [1.54, 1.807) is 0 Å². The van der Waals surface area contributed by atoms with Gasteiger partial charge in [-0.3, -0.25) is 0 Å². The van der Waals surface area contributed by atoms with Crippen LogP contribution in [0.4, 0.5) is 0 Å². The molecular formula is C32H46O. The fraction of sp³-hybridized carbons (Fsp3) is 0.562. The molecule has 0 amide bonds. The highest BCUT2D eigenvalue weighted by Gasteiger charge is 2.29. The number of hydrogen-bond donors (Lipinski definition) is 0. The van der Waals surface area contributed by atoms with Crippen molar-refractivity contribution in [3.63, 3.8) is 0 Å². The van der Waals surface area contributed by atoms with Crippen molar-refractivity contribution in [2.75, 3.05) is 0 Å². The highest BCUT2D eigenvalue weighted by atomic mass is 16.5. The summed E-state index contributed by atoms with van der Waals surface area (Å²) in [5.74, 6) is 2.44. The van der Waals surface area contributed by atoms with E-state index in [0.29, 0.717) is 12.5 Å². The lowest BCUT2D eigenvalue weighted by Crippen LogP contribution is -2.20. The summed E-state index contributed by atoms with van der Waals surface area (Å²) in [6, 6.07) is 17.8.